The maximum absolute atomic E-state index is 12.1. The van der Waals surface area contributed by atoms with Crippen LogP contribution in [0, 0.1) is 11.8 Å². The first-order valence-electron chi connectivity index (χ1n) is 6.35. The van der Waals surface area contributed by atoms with Crippen LogP contribution in [-0.2, 0) is 14.6 Å². The summed E-state index contributed by atoms with van der Waals surface area (Å²) < 4.78 is 22.5. The summed E-state index contributed by atoms with van der Waals surface area (Å²) in [6, 6.07) is 0. The fourth-order valence-electron chi connectivity index (χ4n) is 2.81. The van der Waals surface area contributed by atoms with Crippen LogP contribution in [0.25, 0.3) is 0 Å². The first-order chi connectivity index (χ1) is 7.88. The van der Waals surface area contributed by atoms with E-state index in [1.54, 1.807) is 4.90 Å². The average molecular weight is 259 g/mol. The molecule has 2 atom stereocenters. The van der Waals surface area contributed by atoms with Gasteiger partial charge in [0.2, 0.25) is 5.91 Å². The molecular weight excluding hydrogens is 238 g/mol. The second-order valence-corrected chi connectivity index (χ2v) is 7.99. The van der Waals surface area contributed by atoms with Crippen molar-refractivity contribution in [3.63, 3.8) is 0 Å². The lowest BCUT2D eigenvalue weighted by atomic mass is 9.81. The summed E-state index contributed by atoms with van der Waals surface area (Å²) in [5.41, 5.74) is 0. The lowest BCUT2D eigenvalue weighted by Gasteiger charge is -2.41. The number of carbonyl (C=O) groups is 1. The summed E-state index contributed by atoms with van der Waals surface area (Å²) in [7, 11) is -2.97. The van der Waals surface area contributed by atoms with Crippen molar-refractivity contribution in [3.8, 4) is 0 Å². The predicted octanol–water partition coefficient (Wildman–Crippen LogP) is 1.07. The van der Waals surface area contributed by atoms with Gasteiger partial charge in [-0.05, 0) is 18.8 Å². The van der Waals surface area contributed by atoms with Gasteiger partial charge in [-0.2, -0.15) is 0 Å². The number of sulfone groups is 1. The maximum Gasteiger partial charge on any atom is 0.225 e. The molecule has 4 nitrogen and oxygen atoms in total. The van der Waals surface area contributed by atoms with Gasteiger partial charge in [-0.25, -0.2) is 8.42 Å². The van der Waals surface area contributed by atoms with Gasteiger partial charge in [0, 0.05) is 25.3 Å². The van der Waals surface area contributed by atoms with Gasteiger partial charge < -0.3 is 4.90 Å². The number of hydrogen-bond acceptors (Lipinski definition) is 3. The smallest absolute Gasteiger partial charge is 0.225 e. The van der Waals surface area contributed by atoms with Gasteiger partial charge in [0.05, 0.1) is 5.25 Å². The van der Waals surface area contributed by atoms with Crippen molar-refractivity contribution in [1.82, 2.24) is 4.90 Å². The van der Waals surface area contributed by atoms with E-state index in [0.717, 1.165) is 19.3 Å². The van der Waals surface area contributed by atoms with E-state index in [0.29, 0.717) is 19.0 Å². The van der Waals surface area contributed by atoms with Gasteiger partial charge in [-0.1, -0.05) is 19.8 Å². The monoisotopic (exact) mass is 259 g/mol. The SMILES string of the molecule is C[C@H]1CCC[C@@H](C(=O)N2CC(S(C)(=O)=O)C2)C1. The van der Waals surface area contributed by atoms with Crippen LogP contribution in [0.4, 0.5) is 0 Å². The number of nitrogens with zero attached hydrogens (tertiary/aromatic N) is 1. The summed E-state index contributed by atoms with van der Waals surface area (Å²) in [6.07, 6.45) is 5.54. The highest BCUT2D eigenvalue weighted by atomic mass is 32.2. The number of rotatable bonds is 2. The molecule has 1 aliphatic carbocycles. The molecule has 0 aromatic heterocycles. The van der Waals surface area contributed by atoms with Gasteiger partial charge >= 0.3 is 0 Å². The Hall–Kier alpha value is -0.580. The summed E-state index contributed by atoms with van der Waals surface area (Å²) in [4.78, 5) is 13.8. The minimum Gasteiger partial charge on any atom is -0.340 e. The third kappa shape index (κ3) is 2.81. The highest BCUT2D eigenvalue weighted by molar-refractivity contribution is 7.91. The Morgan fingerprint density at radius 3 is 2.41 bits per heavy atom. The molecule has 2 aliphatic rings. The largest absolute Gasteiger partial charge is 0.340 e. The van der Waals surface area contributed by atoms with Crippen LogP contribution in [0.15, 0.2) is 0 Å². The summed E-state index contributed by atoms with van der Waals surface area (Å²) in [5, 5.41) is -0.326. The minimum absolute atomic E-state index is 0.138. The Morgan fingerprint density at radius 2 is 1.88 bits per heavy atom. The molecule has 1 aliphatic heterocycles. The fourth-order valence-corrected chi connectivity index (χ4v) is 3.71. The zero-order valence-corrected chi connectivity index (χ0v) is 11.4. The quantitative estimate of drug-likeness (QED) is 0.745. The first-order valence-corrected chi connectivity index (χ1v) is 8.31. The van der Waals surface area contributed by atoms with E-state index in [-0.39, 0.29) is 17.1 Å². The Labute approximate surface area is 103 Å². The van der Waals surface area contributed by atoms with Gasteiger partial charge in [0.15, 0.2) is 9.84 Å². The first kappa shape index (κ1) is 12.9. The van der Waals surface area contributed by atoms with Crippen molar-refractivity contribution in [1.29, 1.82) is 0 Å². The molecule has 1 saturated heterocycles. The molecule has 0 unspecified atom stereocenters. The molecule has 2 fully saturated rings. The van der Waals surface area contributed by atoms with Crippen molar-refractivity contribution in [3.05, 3.63) is 0 Å². The fraction of sp³-hybridized carbons (Fsp3) is 0.917. The number of carbonyl (C=O) groups excluding carboxylic acids is 1. The van der Waals surface area contributed by atoms with Crippen LogP contribution in [0.3, 0.4) is 0 Å². The van der Waals surface area contributed by atoms with Gasteiger partial charge in [-0.3, -0.25) is 4.79 Å². The summed E-state index contributed by atoms with van der Waals surface area (Å²) in [6.45, 7) is 3.00. The standard InChI is InChI=1S/C12H21NO3S/c1-9-4-3-5-10(6-9)12(14)13-7-11(8-13)17(2,15)16/h9-11H,3-8H2,1-2H3/t9-,10+/m0/s1. The molecule has 17 heavy (non-hydrogen) atoms. The van der Waals surface area contributed by atoms with Gasteiger partial charge in [-0.15, -0.1) is 0 Å². The molecule has 1 saturated carbocycles. The molecule has 0 N–H and O–H groups in total. The van der Waals surface area contributed by atoms with Crippen LogP contribution in [0.1, 0.15) is 32.6 Å². The Morgan fingerprint density at radius 1 is 1.24 bits per heavy atom. The second kappa shape index (κ2) is 4.59. The van der Waals surface area contributed by atoms with E-state index in [2.05, 4.69) is 6.92 Å². The van der Waals surface area contributed by atoms with E-state index in [1.165, 1.54) is 12.7 Å². The van der Waals surface area contributed by atoms with Crippen molar-refractivity contribution in [2.45, 2.75) is 37.9 Å². The molecule has 5 heteroatoms. The molecule has 0 spiro atoms. The van der Waals surface area contributed by atoms with E-state index < -0.39 is 9.84 Å². The Bertz CT molecular complexity index is 398. The van der Waals surface area contributed by atoms with E-state index in [1.807, 2.05) is 0 Å². The second-order valence-electron chi connectivity index (χ2n) is 5.66. The molecule has 1 heterocycles. The van der Waals surface area contributed by atoms with E-state index >= 15 is 0 Å². The lowest BCUT2D eigenvalue weighted by molar-refractivity contribution is -0.140. The molecule has 2 rings (SSSR count). The maximum atomic E-state index is 12.1. The molecule has 0 radical (unpaired) electrons. The average Bonchev–Trinajstić information content (AvgIpc) is 2.12. The van der Waals surface area contributed by atoms with Crippen LogP contribution >= 0.6 is 0 Å². The van der Waals surface area contributed by atoms with Crippen molar-refractivity contribution < 1.29 is 13.2 Å². The topological polar surface area (TPSA) is 54.5 Å². The molecule has 98 valence electrons. The highest BCUT2D eigenvalue weighted by Crippen LogP contribution is 2.31. The summed E-state index contributed by atoms with van der Waals surface area (Å²) >= 11 is 0. The number of hydrogen-bond donors (Lipinski definition) is 0. The highest BCUT2D eigenvalue weighted by Gasteiger charge is 2.40. The Kier molecular flexibility index (Phi) is 3.48. The van der Waals surface area contributed by atoms with Crippen LogP contribution in [0.5, 0.6) is 0 Å². The normalized spacial score (nSPS) is 31.1. The van der Waals surface area contributed by atoms with Crippen LogP contribution in [0.2, 0.25) is 0 Å². The third-order valence-corrected chi connectivity index (χ3v) is 5.56. The summed E-state index contributed by atoms with van der Waals surface area (Å²) in [5.74, 6) is 0.945. The zero-order chi connectivity index (χ0) is 12.6. The number of amides is 1. The minimum atomic E-state index is -2.97. The number of likely N-dealkylation sites (tertiary alicyclic amines) is 1. The van der Waals surface area contributed by atoms with Gasteiger partial charge in [0.25, 0.3) is 0 Å². The molecule has 0 aromatic rings. The van der Waals surface area contributed by atoms with Crippen molar-refractivity contribution >= 4 is 15.7 Å². The lowest BCUT2D eigenvalue weighted by Crippen LogP contribution is -2.58. The molecule has 0 aromatic carbocycles. The molecular formula is C12H21NO3S. The zero-order valence-electron chi connectivity index (χ0n) is 10.6. The van der Waals surface area contributed by atoms with E-state index in [4.69, 9.17) is 0 Å². The van der Waals surface area contributed by atoms with Gasteiger partial charge in [0.1, 0.15) is 0 Å². The molecule has 0 bridgehead atoms. The third-order valence-electron chi connectivity index (χ3n) is 4.05. The molecule has 1 amide bonds. The van der Waals surface area contributed by atoms with Crippen molar-refractivity contribution in [2.24, 2.45) is 11.8 Å². The van der Waals surface area contributed by atoms with Crippen molar-refractivity contribution in [2.75, 3.05) is 19.3 Å². The van der Waals surface area contributed by atoms with E-state index in [9.17, 15) is 13.2 Å². The Balaban J connectivity index is 1.87. The van der Waals surface area contributed by atoms with Crippen LogP contribution < -0.4 is 0 Å². The van der Waals surface area contributed by atoms with Crippen LogP contribution in [-0.4, -0.2) is 43.8 Å². The predicted molar refractivity (Wildman–Crippen MR) is 66.3 cm³/mol.